The number of nitrogens with one attached hydrogen (secondary N) is 1. The van der Waals surface area contributed by atoms with Gasteiger partial charge < -0.3 is 10.1 Å². The number of esters is 1. The zero-order valence-corrected chi connectivity index (χ0v) is 12.2. The number of hydrogen-bond acceptors (Lipinski definition) is 4. The summed E-state index contributed by atoms with van der Waals surface area (Å²) >= 11 is 1.15. The first-order valence-electron chi connectivity index (χ1n) is 6.43. The van der Waals surface area contributed by atoms with Gasteiger partial charge in [-0.25, -0.2) is 4.39 Å². The summed E-state index contributed by atoms with van der Waals surface area (Å²) in [7, 11) is 0. The molecule has 1 N–H and O–H groups in total. The fraction of sp³-hybridized carbons (Fsp3) is 0.429. The van der Waals surface area contributed by atoms with E-state index in [1.165, 1.54) is 6.07 Å². The van der Waals surface area contributed by atoms with E-state index in [0.717, 1.165) is 11.8 Å². The van der Waals surface area contributed by atoms with Gasteiger partial charge in [0.15, 0.2) is 0 Å². The summed E-state index contributed by atoms with van der Waals surface area (Å²) in [5, 5.41) is 2.68. The number of halogens is 1. The molecule has 0 bridgehead atoms. The molecule has 0 aromatic heterocycles. The van der Waals surface area contributed by atoms with Crippen molar-refractivity contribution in [3.63, 3.8) is 0 Å². The van der Waals surface area contributed by atoms with Gasteiger partial charge in [-0.1, -0.05) is 12.1 Å². The number of ether oxygens (including phenoxy) is 1. The van der Waals surface area contributed by atoms with Crippen molar-refractivity contribution in [2.45, 2.75) is 24.7 Å². The van der Waals surface area contributed by atoms with E-state index in [1.54, 1.807) is 25.1 Å². The Morgan fingerprint density at radius 2 is 2.10 bits per heavy atom. The molecule has 0 aliphatic heterocycles. The maximum absolute atomic E-state index is 13.3. The number of carbonyl (C=O) groups excluding carboxylic acids is 2. The van der Waals surface area contributed by atoms with Crippen LogP contribution in [0.5, 0.6) is 0 Å². The summed E-state index contributed by atoms with van der Waals surface area (Å²) in [6, 6.07) is 6.32. The molecule has 0 unspecified atom stereocenters. The van der Waals surface area contributed by atoms with Crippen molar-refractivity contribution in [2.75, 3.05) is 18.9 Å². The van der Waals surface area contributed by atoms with Crippen LogP contribution in [0.2, 0.25) is 0 Å². The summed E-state index contributed by atoms with van der Waals surface area (Å²) in [5.41, 5.74) is 0. The molecule has 0 aliphatic rings. The first kappa shape index (κ1) is 16.5. The summed E-state index contributed by atoms with van der Waals surface area (Å²) in [6.07, 6.45) is 0.823. The molecule has 1 aromatic rings. The molecular weight excluding hydrogens is 281 g/mol. The van der Waals surface area contributed by atoms with Crippen molar-refractivity contribution < 1.29 is 18.7 Å². The molecule has 6 heteroatoms. The summed E-state index contributed by atoms with van der Waals surface area (Å²) in [4.78, 5) is 23.0. The van der Waals surface area contributed by atoms with Crippen LogP contribution in [-0.4, -0.2) is 30.8 Å². The molecule has 0 aliphatic carbocycles. The predicted molar refractivity (Wildman–Crippen MR) is 76.0 cm³/mol. The van der Waals surface area contributed by atoms with Gasteiger partial charge in [0.2, 0.25) is 5.91 Å². The van der Waals surface area contributed by atoms with Gasteiger partial charge in [0.25, 0.3) is 0 Å². The van der Waals surface area contributed by atoms with Crippen LogP contribution in [0.15, 0.2) is 29.2 Å². The predicted octanol–water partition coefficient (Wildman–Crippen LogP) is 2.38. The third kappa shape index (κ3) is 6.56. The maximum atomic E-state index is 13.3. The Bertz CT molecular complexity index is 454. The number of benzene rings is 1. The molecular formula is C14H18FNO3S. The molecule has 0 radical (unpaired) electrons. The van der Waals surface area contributed by atoms with Crippen LogP contribution in [0, 0.1) is 5.82 Å². The number of thioether (sulfide) groups is 1. The second-order valence-corrected chi connectivity index (χ2v) is 4.99. The Hall–Kier alpha value is -1.56. The van der Waals surface area contributed by atoms with Gasteiger partial charge in [-0.3, -0.25) is 9.59 Å². The topological polar surface area (TPSA) is 55.4 Å². The van der Waals surface area contributed by atoms with E-state index in [2.05, 4.69) is 5.32 Å². The highest BCUT2D eigenvalue weighted by Gasteiger charge is 2.06. The lowest BCUT2D eigenvalue weighted by Gasteiger charge is -2.05. The van der Waals surface area contributed by atoms with E-state index < -0.39 is 0 Å². The second kappa shape index (κ2) is 9.36. The average Bonchev–Trinajstić information content (AvgIpc) is 2.43. The van der Waals surface area contributed by atoms with Crippen LogP contribution in [0.4, 0.5) is 4.39 Å². The first-order valence-corrected chi connectivity index (χ1v) is 7.41. The summed E-state index contributed by atoms with van der Waals surface area (Å²) in [5.74, 6) is -0.613. The van der Waals surface area contributed by atoms with Crippen molar-refractivity contribution in [2.24, 2.45) is 0 Å². The quantitative estimate of drug-likeness (QED) is 0.455. The monoisotopic (exact) mass is 299 g/mol. The minimum absolute atomic E-state index is 0.153. The van der Waals surface area contributed by atoms with Gasteiger partial charge in [0.1, 0.15) is 5.82 Å². The van der Waals surface area contributed by atoms with Gasteiger partial charge in [-0.15, -0.1) is 11.8 Å². The van der Waals surface area contributed by atoms with Gasteiger partial charge >= 0.3 is 5.97 Å². The normalized spacial score (nSPS) is 10.1. The van der Waals surface area contributed by atoms with E-state index in [-0.39, 0.29) is 29.9 Å². The van der Waals surface area contributed by atoms with E-state index >= 15 is 0 Å². The molecule has 0 atom stereocenters. The molecule has 0 spiro atoms. The molecule has 4 nitrogen and oxygen atoms in total. The third-order valence-corrected chi connectivity index (χ3v) is 3.43. The van der Waals surface area contributed by atoms with Crippen molar-refractivity contribution >= 4 is 23.6 Å². The summed E-state index contributed by atoms with van der Waals surface area (Å²) < 4.78 is 18.1. The van der Waals surface area contributed by atoms with Crippen LogP contribution in [0.1, 0.15) is 19.8 Å². The summed E-state index contributed by atoms with van der Waals surface area (Å²) in [6.45, 7) is 2.53. The highest BCUT2D eigenvalue weighted by atomic mass is 32.2. The number of carbonyl (C=O) groups is 2. The maximum Gasteiger partial charge on any atom is 0.305 e. The van der Waals surface area contributed by atoms with Gasteiger partial charge in [-0.2, -0.15) is 0 Å². The molecule has 20 heavy (non-hydrogen) atoms. The fourth-order valence-corrected chi connectivity index (χ4v) is 2.22. The van der Waals surface area contributed by atoms with Crippen molar-refractivity contribution in [3.05, 3.63) is 30.1 Å². The number of hydrogen-bond donors (Lipinski definition) is 1. The molecule has 1 aromatic carbocycles. The zero-order valence-electron chi connectivity index (χ0n) is 11.4. The fourth-order valence-electron chi connectivity index (χ4n) is 1.45. The van der Waals surface area contributed by atoms with E-state index in [9.17, 15) is 14.0 Å². The highest BCUT2D eigenvalue weighted by Crippen LogP contribution is 2.20. The standard InChI is InChI=1S/C14H18FNO3S/c1-2-19-14(18)8-5-9-16-13(17)10-20-12-7-4-3-6-11(12)15/h3-4,6-7H,2,5,8-10H2,1H3,(H,16,17). The minimum atomic E-state index is -0.326. The second-order valence-electron chi connectivity index (χ2n) is 3.98. The van der Waals surface area contributed by atoms with Crippen LogP contribution in [-0.2, 0) is 14.3 Å². The molecule has 1 rings (SSSR count). The average molecular weight is 299 g/mol. The van der Waals surface area contributed by atoms with E-state index in [4.69, 9.17) is 4.74 Å². The van der Waals surface area contributed by atoms with Crippen LogP contribution in [0.3, 0.4) is 0 Å². The molecule has 1 amide bonds. The van der Waals surface area contributed by atoms with E-state index in [1.807, 2.05) is 0 Å². The molecule has 0 saturated carbocycles. The zero-order chi connectivity index (χ0) is 14.8. The van der Waals surface area contributed by atoms with Gasteiger partial charge in [-0.05, 0) is 25.5 Å². The van der Waals surface area contributed by atoms with Crippen LogP contribution in [0.25, 0.3) is 0 Å². The highest BCUT2D eigenvalue weighted by molar-refractivity contribution is 8.00. The third-order valence-electron chi connectivity index (χ3n) is 2.38. The van der Waals surface area contributed by atoms with Crippen molar-refractivity contribution in [1.82, 2.24) is 5.32 Å². The van der Waals surface area contributed by atoms with Gasteiger partial charge in [0.05, 0.1) is 12.4 Å². The Morgan fingerprint density at radius 1 is 1.35 bits per heavy atom. The Morgan fingerprint density at radius 3 is 2.80 bits per heavy atom. The van der Waals surface area contributed by atoms with Crippen LogP contribution >= 0.6 is 11.8 Å². The lowest BCUT2D eigenvalue weighted by Crippen LogP contribution is -2.26. The smallest absolute Gasteiger partial charge is 0.305 e. The largest absolute Gasteiger partial charge is 0.466 e. The molecule has 0 heterocycles. The minimum Gasteiger partial charge on any atom is -0.466 e. The van der Waals surface area contributed by atoms with E-state index in [0.29, 0.717) is 24.5 Å². The SMILES string of the molecule is CCOC(=O)CCCNC(=O)CSc1ccccc1F. The number of amides is 1. The van der Waals surface area contributed by atoms with Crippen molar-refractivity contribution in [1.29, 1.82) is 0 Å². The Balaban J connectivity index is 2.15. The van der Waals surface area contributed by atoms with Crippen LogP contribution < -0.4 is 5.32 Å². The molecule has 0 saturated heterocycles. The first-order chi connectivity index (χ1) is 9.63. The lowest BCUT2D eigenvalue weighted by atomic mass is 10.3. The molecule has 110 valence electrons. The van der Waals surface area contributed by atoms with Gasteiger partial charge in [0, 0.05) is 17.9 Å². The Kier molecular flexibility index (Phi) is 7.72. The van der Waals surface area contributed by atoms with Crippen molar-refractivity contribution in [3.8, 4) is 0 Å². The molecule has 0 fully saturated rings. The lowest BCUT2D eigenvalue weighted by molar-refractivity contribution is -0.143. The Labute approximate surface area is 122 Å². The number of rotatable bonds is 8.